The predicted octanol–water partition coefficient (Wildman–Crippen LogP) is 4.92. The Bertz CT molecular complexity index is 1020. The molecule has 2 aromatic rings. The SMILES string of the molecule is Cc1ccc(S(=O)(=O)/N=[Se](\C/C=C\c2ccccc2)[C]2[CH][CH][CH][C]2[C@H](C)N(C)C)cc1. The van der Waals surface area contributed by atoms with Crippen molar-refractivity contribution >= 4 is 29.8 Å². The number of rotatable bonds is 8. The molecule has 0 aliphatic heterocycles. The number of hydrogen-bond donors (Lipinski definition) is 0. The first-order valence-corrected chi connectivity index (χ1v) is 14.4. The van der Waals surface area contributed by atoms with E-state index in [4.69, 9.17) is 0 Å². The summed E-state index contributed by atoms with van der Waals surface area (Å²) in [6.07, 6.45) is 10.2. The summed E-state index contributed by atoms with van der Waals surface area (Å²) in [5.41, 5.74) is 2.12. The first kappa shape index (κ1) is 24.1. The van der Waals surface area contributed by atoms with Gasteiger partial charge < -0.3 is 0 Å². The first-order chi connectivity index (χ1) is 14.8. The number of benzene rings is 2. The van der Waals surface area contributed by atoms with Crippen molar-refractivity contribution in [1.82, 2.24) is 4.90 Å². The van der Waals surface area contributed by atoms with Crippen molar-refractivity contribution in [3.05, 3.63) is 102 Å². The molecule has 1 fully saturated rings. The first-order valence-electron chi connectivity index (χ1n) is 10.2. The fourth-order valence-electron chi connectivity index (χ4n) is 3.13. The van der Waals surface area contributed by atoms with E-state index in [2.05, 4.69) is 27.7 Å². The molecule has 0 saturated heterocycles. The maximum atomic E-state index is 13.1. The summed E-state index contributed by atoms with van der Waals surface area (Å²) in [4.78, 5) is 3.47. The Labute approximate surface area is 192 Å². The van der Waals surface area contributed by atoms with Gasteiger partial charge in [-0.2, -0.15) is 0 Å². The van der Waals surface area contributed by atoms with E-state index in [0.29, 0.717) is 5.32 Å². The minimum absolute atomic E-state index is 0.187. The molecule has 1 aliphatic rings. The zero-order chi connectivity index (χ0) is 22.4. The third-order valence-corrected chi connectivity index (χ3v) is 11.7. The van der Waals surface area contributed by atoms with E-state index in [1.807, 2.05) is 82.4 Å². The average molecular weight is 501 g/mol. The Morgan fingerprint density at radius 2 is 1.71 bits per heavy atom. The molecule has 2 aromatic carbocycles. The zero-order valence-corrected chi connectivity index (χ0v) is 20.9. The molecule has 0 amide bonds. The summed E-state index contributed by atoms with van der Waals surface area (Å²) < 4.78 is 30.8. The van der Waals surface area contributed by atoms with Crippen molar-refractivity contribution in [2.24, 2.45) is 3.37 Å². The fourth-order valence-corrected chi connectivity index (χ4v) is 9.52. The van der Waals surface area contributed by atoms with Crippen LogP contribution in [0.15, 0.2) is 68.9 Å². The van der Waals surface area contributed by atoms with E-state index < -0.39 is 23.7 Å². The standard InChI is InChI=1S/C25H29N2O2SSe/c1-20-15-17-23(18-16-20)30(28,29)26-31(19-9-12-22-10-6-5-7-11-22)25-14-8-13-24(25)21(2)27(3)4/h5-18,21H,19H2,1-4H3/b12-9-/t21-,31?/m0/s1. The van der Waals surface area contributed by atoms with E-state index in [1.165, 1.54) is 0 Å². The molecule has 31 heavy (non-hydrogen) atoms. The van der Waals surface area contributed by atoms with Crippen LogP contribution in [0.5, 0.6) is 0 Å². The Balaban J connectivity index is 1.94. The molecule has 5 radical (unpaired) electrons. The number of hydrogen-bond acceptors (Lipinski definition) is 3. The molecule has 0 bridgehead atoms. The van der Waals surface area contributed by atoms with Gasteiger partial charge in [0.05, 0.1) is 0 Å². The average Bonchev–Trinajstić information content (AvgIpc) is 3.23. The molecule has 1 saturated carbocycles. The van der Waals surface area contributed by atoms with Gasteiger partial charge in [-0.05, 0) is 0 Å². The molecule has 1 aliphatic carbocycles. The summed E-state index contributed by atoms with van der Waals surface area (Å²) in [5.74, 6) is 1.16. The van der Waals surface area contributed by atoms with Crippen LogP contribution in [0, 0.1) is 36.9 Å². The van der Waals surface area contributed by atoms with Crippen molar-refractivity contribution in [3.8, 4) is 0 Å². The second-order valence-corrected chi connectivity index (χ2v) is 13.4. The monoisotopic (exact) mass is 501 g/mol. The molecule has 4 nitrogen and oxygen atoms in total. The van der Waals surface area contributed by atoms with E-state index in [1.54, 1.807) is 12.1 Å². The van der Waals surface area contributed by atoms with Crippen molar-refractivity contribution < 1.29 is 8.42 Å². The second kappa shape index (κ2) is 10.8. The van der Waals surface area contributed by atoms with Crippen molar-refractivity contribution in [2.75, 3.05) is 14.1 Å². The van der Waals surface area contributed by atoms with Gasteiger partial charge in [0.1, 0.15) is 0 Å². The summed E-state index contributed by atoms with van der Waals surface area (Å²) in [7, 11) is 0.340. The van der Waals surface area contributed by atoms with Crippen LogP contribution < -0.4 is 0 Å². The van der Waals surface area contributed by atoms with Gasteiger partial charge in [-0.25, -0.2) is 0 Å². The number of nitrogens with zero attached hydrogens (tertiary/aromatic N) is 2. The topological polar surface area (TPSA) is 49.7 Å². The second-order valence-electron chi connectivity index (χ2n) is 7.69. The van der Waals surface area contributed by atoms with Crippen LogP contribution in [0.4, 0.5) is 0 Å². The van der Waals surface area contributed by atoms with Crippen molar-refractivity contribution in [1.29, 1.82) is 0 Å². The molecule has 163 valence electrons. The Morgan fingerprint density at radius 1 is 1.03 bits per heavy atom. The van der Waals surface area contributed by atoms with Gasteiger partial charge in [-0.15, -0.1) is 0 Å². The van der Waals surface area contributed by atoms with E-state index in [-0.39, 0.29) is 10.9 Å². The van der Waals surface area contributed by atoms with Gasteiger partial charge >= 0.3 is 192 Å². The summed E-state index contributed by atoms with van der Waals surface area (Å²) in [6, 6.07) is 17.1. The molecule has 0 spiro atoms. The molecular weight excluding hydrogens is 471 g/mol. The van der Waals surface area contributed by atoms with Crippen LogP contribution in [0.2, 0.25) is 5.32 Å². The van der Waals surface area contributed by atoms with Gasteiger partial charge in [0, 0.05) is 0 Å². The number of aryl methyl sites for hydroxylation is 1. The van der Waals surface area contributed by atoms with Crippen molar-refractivity contribution in [2.45, 2.75) is 30.1 Å². The Kier molecular flexibility index (Phi) is 8.40. The number of sulfonamides is 1. The van der Waals surface area contributed by atoms with Gasteiger partial charge in [0.15, 0.2) is 0 Å². The molecule has 0 heterocycles. The summed E-state index contributed by atoms with van der Waals surface area (Å²) >= 11 is -2.03. The molecule has 3 rings (SSSR count). The Morgan fingerprint density at radius 3 is 2.35 bits per heavy atom. The molecule has 0 aromatic heterocycles. The van der Waals surface area contributed by atoms with Gasteiger partial charge in [0.25, 0.3) is 0 Å². The van der Waals surface area contributed by atoms with Crippen molar-refractivity contribution in [3.63, 3.8) is 0 Å². The number of allylic oxidation sites excluding steroid dienone is 1. The van der Waals surface area contributed by atoms with Crippen LogP contribution in [-0.4, -0.2) is 47.2 Å². The van der Waals surface area contributed by atoms with Gasteiger partial charge in [0.2, 0.25) is 0 Å². The van der Waals surface area contributed by atoms with Gasteiger partial charge in [-0.1, -0.05) is 0 Å². The normalized spacial score (nSPS) is 18.2. The Hall–Kier alpha value is -1.59. The fraction of sp³-hybridized carbons (Fsp3) is 0.240. The molecule has 6 heteroatoms. The third kappa shape index (κ3) is 6.45. The van der Waals surface area contributed by atoms with E-state index in [9.17, 15) is 8.42 Å². The van der Waals surface area contributed by atoms with E-state index >= 15 is 0 Å². The summed E-state index contributed by atoms with van der Waals surface area (Å²) in [6.45, 7) is 4.08. The molecule has 1 unspecified atom stereocenters. The quantitative estimate of drug-likeness (QED) is 0.484. The molecule has 0 N–H and O–H groups in total. The van der Waals surface area contributed by atoms with Crippen LogP contribution in [0.25, 0.3) is 6.08 Å². The predicted molar refractivity (Wildman–Crippen MR) is 129 cm³/mol. The minimum atomic E-state index is -3.73. The van der Waals surface area contributed by atoms with Crippen LogP contribution in [-0.2, 0) is 10.0 Å². The zero-order valence-electron chi connectivity index (χ0n) is 18.4. The van der Waals surface area contributed by atoms with Crippen LogP contribution in [0.1, 0.15) is 18.1 Å². The van der Waals surface area contributed by atoms with Crippen LogP contribution >= 0.6 is 0 Å². The molecular formula is C25H29N2O2SSe. The van der Waals surface area contributed by atoms with Gasteiger partial charge in [-0.3, -0.25) is 0 Å². The third-order valence-electron chi connectivity index (χ3n) is 5.16. The molecule has 2 atom stereocenters. The van der Waals surface area contributed by atoms with E-state index in [0.717, 1.165) is 21.9 Å². The summed E-state index contributed by atoms with van der Waals surface area (Å²) in [5, 5.41) is 0.622. The maximum absolute atomic E-state index is 13.1. The van der Waals surface area contributed by atoms with Crippen LogP contribution in [0.3, 0.4) is 0 Å².